The van der Waals surface area contributed by atoms with E-state index in [2.05, 4.69) is 31.1 Å². The first-order chi connectivity index (χ1) is 9.79. The number of carbonyl (C=O) groups excluding carboxylic acids is 1. The van der Waals surface area contributed by atoms with Gasteiger partial charge >= 0.3 is 0 Å². The Hall–Kier alpha value is -0.980. The van der Waals surface area contributed by atoms with E-state index >= 15 is 0 Å². The van der Waals surface area contributed by atoms with Crippen LogP contribution >= 0.6 is 11.3 Å². The van der Waals surface area contributed by atoms with Gasteiger partial charge in [-0.2, -0.15) is 0 Å². The molecule has 0 bridgehead atoms. The molecule has 6 heteroatoms. The van der Waals surface area contributed by atoms with Gasteiger partial charge in [-0.3, -0.25) is 4.79 Å². The molecule has 1 aliphatic heterocycles. The topological polar surface area (TPSA) is 65.5 Å². The Bertz CT molecular complexity index is 494. The Morgan fingerprint density at radius 2 is 2.19 bits per heavy atom. The van der Waals surface area contributed by atoms with Crippen LogP contribution < -0.4 is 5.32 Å². The Balaban J connectivity index is 1.87. The number of aromatic nitrogens is 1. The monoisotopic (exact) mass is 311 g/mol. The number of rotatable bonds is 6. The van der Waals surface area contributed by atoms with Gasteiger partial charge in [0.2, 0.25) is 5.91 Å². The van der Waals surface area contributed by atoms with Gasteiger partial charge < -0.3 is 15.3 Å². The van der Waals surface area contributed by atoms with Gasteiger partial charge in [-0.05, 0) is 34.1 Å². The number of aliphatic hydroxyl groups is 1. The highest BCUT2D eigenvalue weighted by Gasteiger charge is 2.27. The lowest BCUT2D eigenvalue weighted by Gasteiger charge is -2.27. The molecule has 1 atom stereocenters. The van der Waals surface area contributed by atoms with Crippen molar-refractivity contribution < 1.29 is 9.90 Å². The minimum atomic E-state index is -0.548. The van der Waals surface area contributed by atoms with Crippen LogP contribution in [-0.2, 0) is 10.3 Å². The van der Waals surface area contributed by atoms with Crippen LogP contribution in [0.15, 0.2) is 0 Å². The second kappa shape index (κ2) is 6.42. The molecule has 118 valence electrons. The van der Waals surface area contributed by atoms with E-state index in [0.29, 0.717) is 19.5 Å². The lowest BCUT2D eigenvalue weighted by Crippen LogP contribution is -2.45. The standard InChI is InChI=1S/C15H25N3O2S/c1-10-11(2)21-14(17-10)15(3,4)16-8-12(19)9-18-7-5-6-13(18)20/h12,16,19H,5-9H2,1-4H3. The number of carbonyl (C=O) groups is 1. The van der Waals surface area contributed by atoms with Crippen LogP contribution in [0.25, 0.3) is 0 Å². The lowest BCUT2D eigenvalue weighted by molar-refractivity contribution is -0.128. The van der Waals surface area contributed by atoms with Crippen molar-refractivity contribution in [2.75, 3.05) is 19.6 Å². The molecule has 1 unspecified atom stereocenters. The number of aryl methyl sites for hydroxylation is 2. The van der Waals surface area contributed by atoms with Gasteiger partial charge in [0.05, 0.1) is 17.3 Å². The van der Waals surface area contributed by atoms with Crippen LogP contribution in [0.5, 0.6) is 0 Å². The molecule has 2 rings (SSSR count). The average Bonchev–Trinajstić information content (AvgIpc) is 2.95. The molecule has 1 saturated heterocycles. The highest BCUT2D eigenvalue weighted by molar-refractivity contribution is 7.11. The normalized spacial score (nSPS) is 17.6. The summed E-state index contributed by atoms with van der Waals surface area (Å²) >= 11 is 1.69. The highest BCUT2D eigenvalue weighted by Crippen LogP contribution is 2.27. The van der Waals surface area contributed by atoms with Crippen molar-refractivity contribution in [3.8, 4) is 0 Å². The van der Waals surface area contributed by atoms with Gasteiger partial charge in [0.15, 0.2) is 0 Å². The molecule has 0 saturated carbocycles. The van der Waals surface area contributed by atoms with Crippen LogP contribution in [0.3, 0.4) is 0 Å². The predicted octanol–water partition coefficient (Wildman–Crippen LogP) is 1.57. The maximum atomic E-state index is 11.6. The Kier molecular flexibility index (Phi) is 5.01. The first kappa shape index (κ1) is 16.4. The fourth-order valence-corrected chi connectivity index (χ4v) is 3.40. The van der Waals surface area contributed by atoms with Crippen molar-refractivity contribution in [3.05, 3.63) is 15.6 Å². The molecular weight excluding hydrogens is 286 g/mol. The molecule has 0 aromatic carbocycles. The molecular formula is C15H25N3O2S. The van der Waals surface area contributed by atoms with Crippen molar-refractivity contribution in [2.24, 2.45) is 0 Å². The van der Waals surface area contributed by atoms with Crippen LogP contribution in [0.2, 0.25) is 0 Å². The molecule has 0 radical (unpaired) electrons. The maximum Gasteiger partial charge on any atom is 0.222 e. The third kappa shape index (κ3) is 4.02. The zero-order chi connectivity index (χ0) is 15.6. The van der Waals surface area contributed by atoms with Gasteiger partial charge in [0.1, 0.15) is 5.01 Å². The van der Waals surface area contributed by atoms with Crippen molar-refractivity contribution in [1.29, 1.82) is 0 Å². The minimum absolute atomic E-state index is 0.152. The zero-order valence-electron chi connectivity index (χ0n) is 13.3. The van der Waals surface area contributed by atoms with E-state index in [1.165, 1.54) is 4.88 Å². The van der Waals surface area contributed by atoms with Gasteiger partial charge in [-0.1, -0.05) is 0 Å². The Labute approximate surface area is 130 Å². The summed E-state index contributed by atoms with van der Waals surface area (Å²) in [6.07, 6.45) is 0.972. The van der Waals surface area contributed by atoms with E-state index < -0.39 is 6.10 Å². The summed E-state index contributed by atoms with van der Waals surface area (Å²) in [6.45, 7) is 9.85. The Morgan fingerprint density at radius 1 is 1.48 bits per heavy atom. The number of aliphatic hydroxyl groups excluding tert-OH is 1. The van der Waals surface area contributed by atoms with E-state index in [4.69, 9.17) is 0 Å². The fraction of sp³-hybridized carbons (Fsp3) is 0.733. The third-order valence-electron chi connectivity index (χ3n) is 3.95. The van der Waals surface area contributed by atoms with E-state index in [1.54, 1.807) is 16.2 Å². The molecule has 1 aliphatic rings. The zero-order valence-corrected chi connectivity index (χ0v) is 14.1. The molecule has 0 spiro atoms. The second-order valence-corrected chi connectivity index (χ2v) is 7.47. The predicted molar refractivity (Wildman–Crippen MR) is 84.4 cm³/mol. The maximum absolute atomic E-state index is 11.6. The number of β-amino-alcohol motifs (C(OH)–C–C–N with tert-alkyl or cyclic N) is 1. The van der Waals surface area contributed by atoms with Crippen LogP contribution in [-0.4, -0.2) is 46.6 Å². The molecule has 1 fully saturated rings. The molecule has 21 heavy (non-hydrogen) atoms. The van der Waals surface area contributed by atoms with E-state index in [1.807, 2.05) is 6.92 Å². The van der Waals surface area contributed by atoms with Gasteiger partial charge in [0, 0.05) is 30.9 Å². The third-order valence-corrected chi connectivity index (χ3v) is 5.34. The summed E-state index contributed by atoms with van der Waals surface area (Å²) in [7, 11) is 0. The first-order valence-electron chi connectivity index (χ1n) is 7.45. The van der Waals surface area contributed by atoms with Crippen molar-refractivity contribution >= 4 is 17.2 Å². The second-order valence-electron chi connectivity index (χ2n) is 6.26. The van der Waals surface area contributed by atoms with Crippen LogP contribution in [0.1, 0.15) is 42.3 Å². The average molecular weight is 311 g/mol. The van der Waals surface area contributed by atoms with Crippen molar-refractivity contribution in [3.63, 3.8) is 0 Å². The Morgan fingerprint density at radius 3 is 2.71 bits per heavy atom. The molecule has 2 N–H and O–H groups in total. The van der Waals surface area contributed by atoms with Crippen LogP contribution in [0, 0.1) is 13.8 Å². The first-order valence-corrected chi connectivity index (χ1v) is 8.26. The fourth-order valence-electron chi connectivity index (χ4n) is 2.40. The van der Waals surface area contributed by atoms with Crippen LogP contribution in [0.4, 0.5) is 0 Å². The number of amides is 1. The number of thiazole rings is 1. The number of likely N-dealkylation sites (tertiary alicyclic amines) is 1. The van der Waals surface area contributed by atoms with Crippen molar-refractivity contribution in [1.82, 2.24) is 15.2 Å². The molecule has 1 aromatic heterocycles. The molecule has 1 amide bonds. The lowest BCUT2D eigenvalue weighted by atomic mass is 10.1. The molecule has 2 heterocycles. The SMILES string of the molecule is Cc1nc(C(C)(C)NCC(O)CN2CCCC2=O)sc1C. The number of hydrogen-bond acceptors (Lipinski definition) is 5. The molecule has 0 aliphatic carbocycles. The summed E-state index contributed by atoms with van der Waals surface area (Å²) in [6, 6.07) is 0. The van der Waals surface area contributed by atoms with Crippen molar-refractivity contribution in [2.45, 2.75) is 52.2 Å². The highest BCUT2D eigenvalue weighted by atomic mass is 32.1. The molecule has 5 nitrogen and oxygen atoms in total. The summed E-state index contributed by atoms with van der Waals surface area (Å²) in [5, 5.41) is 14.5. The summed E-state index contributed by atoms with van der Waals surface area (Å²) in [5.74, 6) is 0.152. The quantitative estimate of drug-likeness (QED) is 0.837. The number of hydrogen-bond donors (Lipinski definition) is 2. The van der Waals surface area contributed by atoms with E-state index in [0.717, 1.165) is 23.7 Å². The van der Waals surface area contributed by atoms with E-state index in [9.17, 15) is 9.90 Å². The molecule has 1 aromatic rings. The van der Waals surface area contributed by atoms with Gasteiger partial charge in [-0.25, -0.2) is 4.98 Å². The van der Waals surface area contributed by atoms with Gasteiger partial charge in [0.25, 0.3) is 0 Å². The largest absolute Gasteiger partial charge is 0.390 e. The summed E-state index contributed by atoms with van der Waals surface area (Å²) in [5.41, 5.74) is 0.785. The van der Waals surface area contributed by atoms with E-state index in [-0.39, 0.29) is 11.4 Å². The number of nitrogens with zero attached hydrogens (tertiary/aromatic N) is 2. The summed E-state index contributed by atoms with van der Waals surface area (Å²) in [4.78, 5) is 19.1. The number of nitrogens with one attached hydrogen (secondary N) is 1. The summed E-state index contributed by atoms with van der Waals surface area (Å²) < 4.78 is 0. The van der Waals surface area contributed by atoms with Gasteiger partial charge in [-0.15, -0.1) is 11.3 Å². The minimum Gasteiger partial charge on any atom is -0.390 e. The smallest absolute Gasteiger partial charge is 0.222 e.